The summed E-state index contributed by atoms with van der Waals surface area (Å²) in [6.45, 7) is 1.22. The first kappa shape index (κ1) is 15.8. The summed E-state index contributed by atoms with van der Waals surface area (Å²) in [5, 5.41) is 9.04. The van der Waals surface area contributed by atoms with E-state index in [1.165, 1.54) is 11.1 Å². The molecule has 1 aliphatic heterocycles. The number of para-hydroxylation sites is 1. The molecule has 0 unspecified atom stereocenters. The SMILES string of the molecule is N#Cc1ccccc1OCC(=O)N1CC=C(c2ccccc2)CC1. The lowest BCUT2D eigenvalue weighted by atomic mass is 10.00. The molecule has 0 bridgehead atoms. The second kappa shape index (κ2) is 7.47. The van der Waals surface area contributed by atoms with Gasteiger partial charge in [-0.15, -0.1) is 0 Å². The van der Waals surface area contributed by atoms with E-state index in [1.807, 2.05) is 18.2 Å². The largest absolute Gasteiger partial charge is 0.482 e. The summed E-state index contributed by atoms with van der Waals surface area (Å²) in [7, 11) is 0. The molecule has 3 rings (SSSR count). The minimum Gasteiger partial charge on any atom is -0.482 e. The van der Waals surface area contributed by atoms with Crippen LogP contribution in [0.1, 0.15) is 17.5 Å². The Labute approximate surface area is 141 Å². The van der Waals surface area contributed by atoms with Gasteiger partial charge >= 0.3 is 0 Å². The first-order valence-electron chi connectivity index (χ1n) is 7.92. The lowest BCUT2D eigenvalue weighted by Gasteiger charge is -2.26. The van der Waals surface area contributed by atoms with E-state index in [4.69, 9.17) is 10.00 Å². The first-order valence-corrected chi connectivity index (χ1v) is 7.92. The summed E-state index contributed by atoms with van der Waals surface area (Å²) in [6.07, 6.45) is 2.94. The quantitative estimate of drug-likeness (QED) is 0.869. The lowest BCUT2D eigenvalue weighted by Crippen LogP contribution is -2.37. The van der Waals surface area contributed by atoms with Crippen molar-refractivity contribution >= 4 is 11.5 Å². The topological polar surface area (TPSA) is 53.3 Å². The van der Waals surface area contributed by atoms with Crippen LogP contribution in [0.15, 0.2) is 60.7 Å². The van der Waals surface area contributed by atoms with E-state index < -0.39 is 0 Å². The van der Waals surface area contributed by atoms with Crippen LogP contribution in [0.5, 0.6) is 5.75 Å². The predicted octanol–water partition coefficient (Wildman–Crippen LogP) is 3.25. The monoisotopic (exact) mass is 318 g/mol. The maximum absolute atomic E-state index is 12.3. The standard InChI is InChI=1S/C20H18N2O2/c21-14-18-8-4-5-9-19(18)24-15-20(23)22-12-10-17(11-13-22)16-6-2-1-3-7-16/h1-10H,11-13,15H2. The van der Waals surface area contributed by atoms with Gasteiger partial charge in [0.2, 0.25) is 0 Å². The predicted molar refractivity (Wildman–Crippen MR) is 92.3 cm³/mol. The minimum atomic E-state index is -0.0638. The highest BCUT2D eigenvalue weighted by molar-refractivity contribution is 5.79. The smallest absolute Gasteiger partial charge is 0.260 e. The second-order valence-electron chi connectivity index (χ2n) is 5.58. The molecule has 2 aromatic rings. The van der Waals surface area contributed by atoms with Crippen molar-refractivity contribution in [3.05, 3.63) is 71.8 Å². The summed E-state index contributed by atoms with van der Waals surface area (Å²) >= 11 is 0. The fourth-order valence-electron chi connectivity index (χ4n) is 2.73. The number of rotatable bonds is 4. The maximum Gasteiger partial charge on any atom is 0.260 e. The van der Waals surface area contributed by atoms with Crippen molar-refractivity contribution in [2.45, 2.75) is 6.42 Å². The second-order valence-corrected chi connectivity index (χ2v) is 5.58. The van der Waals surface area contributed by atoms with Gasteiger partial charge in [0.15, 0.2) is 6.61 Å². The Bertz CT molecular complexity index is 791. The Morgan fingerprint density at radius 2 is 1.88 bits per heavy atom. The number of hydrogen-bond acceptors (Lipinski definition) is 3. The van der Waals surface area contributed by atoms with Gasteiger partial charge in [0.1, 0.15) is 11.8 Å². The van der Waals surface area contributed by atoms with E-state index in [2.05, 4.69) is 24.3 Å². The Morgan fingerprint density at radius 3 is 2.58 bits per heavy atom. The van der Waals surface area contributed by atoms with Crippen molar-refractivity contribution in [2.75, 3.05) is 19.7 Å². The number of amides is 1. The van der Waals surface area contributed by atoms with Gasteiger partial charge in [0, 0.05) is 13.1 Å². The summed E-state index contributed by atoms with van der Waals surface area (Å²) in [5.41, 5.74) is 2.93. The molecule has 0 saturated carbocycles. The molecule has 1 aliphatic rings. The van der Waals surface area contributed by atoms with Gasteiger partial charge < -0.3 is 9.64 Å². The third-order valence-electron chi connectivity index (χ3n) is 4.07. The van der Waals surface area contributed by atoms with Crippen LogP contribution in [0.25, 0.3) is 5.57 Å². The molecule has 0 N–H and O–H groups in total. The number of nitrogens with zero attached hydrogens (tertiary/aromatic N) is 2. The minimum absolute atomic E-state index is 0.0484. The molecule has 0 radical (unpaired) electrons. The highest BCUT2D eigenvalue weighted by atomic mass is 16.5. The van der Waals surface area contributed by atoms with Crippen LogP contribution in [0.3, 0.4) is 0 Å². The van der Waals surface area contributed by atoms with E-state index in [0.717, 1.165) is 6.42 Å². The molecule has 24 heavy (non-hydrogen) atoms. The number of carbonyl (C=O) groups is 1. The molecule has 2 aromatic carbocycles. The van der Waals surface area contributed by atoms with Crippen LogP contribution in [0, 0.1) is 11.3 Å². The average Bonchev–Trinajstić information content (AvgIpc) is 2.67. The fourth-order valence-corrected chi connectivity index (χ4v) is 2.73. The molecule has 0 fully saturated rings. The van der Waals surface area contributed by atoms with Crippen molar-refractivity contribution in [2.24, 2.45) is 0 Å². The van der Waals surface area contributed by atoms with Crippen molar-refractivity contribution in [3.8, 4) is 11.8 Å². The Morgan fingerprint density at radius 1 is 1.12 bits per heavy atom. The van der Waals surface area contributed by atoms with Gasteiger partial charge in [-0.25, -0.2) is 0 Å². The molecule has 4 nitrogen and oxygen atoms in total. The number of benzene rings is 2. The van der Waals surface area contributed by atoms with Crippen LogP contribution in [-0.2, 0) is 4.79 Å². The maximum atomic E-state index is 12.3. The third-order valence-corrected chi connectivity index (χ3v) is 4.07. The summed E-state index contributed by atoms with van der Waals surface area (Å²) in [4.78, 5) is 14.1. The van der Waals surface area contributed by atoms with Crippen molar-refractivity contribution in [1.82, 2.24) is 4.90 Å². The zero-order valence-corrected chi connectivity index (χ0v) is 13.3. The van der Waals surface area contributed by atoms with Crippen LogP contribution in [0.4, 0.5) is 0 Å². The molecule has 0 atom stereocenters. The van der Waals surface area contributed by atoms with Crippen molar-refractivity contribution in [3.63, 3.8) is 0 Å². The van der Waals surface area contributed by atoms with Gasteiger partial charge in [-0.05, 0) is 29.7 Å². The Balaban J connectivity index is 1.58. The molecule has 1 heterocycles. The normalized spacial score (nSPS) is 13.8. The molecule has 0 spiro atoms. The van der Waals surface area contributed by atoms with Gasteiger partial charge in [-0.2, -0.15) is 5.26 Å². The van der Waals surface area contributed by atoms with Gasteiger partial charge in [-0.3, -0.25) is 4.79 Å². The van der Waals surface area contributed by atoms with Gasteiger partial charge in [0.25, 0.3) is 5.91 Å². The molecular weight excluding hydrogens is 300 g/mol. The van der Waals surface area contributed by atoms with E-state index in [9.17, 15) is 4.79 Å². The summed E-state index contributed by atoms with van der Waals surface area (Å²) in [6, 6.07) is 19.2. The van der Waals surface area contributed by atoms with Crippen molar-refractivity contribution in [1.29, 1.82) is 5.26 Å². The number of nitriles is 1. The number of carbonyl (C=O) groups excluding carboxylic acids is 1. The molecular formula is C20H18N2O2. The summed E-state index contributed by atoms with van der Waals surface area (Å²) in [5.74, 6) is 0.386. The van der Waals surface area contributed by atoms with Crippen LogP contribution >= 0.6 is 0 Å². The van der Waals surface area contributed by atoms with Crippen LogP contribution in [0.2, 0.25) is 0 Å². The highest BCUT2D eigenvalue weighted by Gasteiger charge is 2.18. The molecule has 120 valence electrons. The van der Waals surface area contributed by atoms with E-state index in [0.29, 0.717) is 24.4 Å². The highest BCUT2D eigenvalue weighted by Crippen LogP contribution is 2.22. The fraction of sp³-hybridized carbons (Fsp3) is 0.200. The van der Waals surface area contributed by atoms with Gasteiger partial charge in [-0.1, -0.05) is 48.5 Å². The Hall–Kier alpha value is -3.06. The lowest BCUT2D eigenvalue weighted by molar-refractivity contribution is -0.132. The third kappa shape index (κ3) is 3.64. The zero-order valence-electron chi connectivity index (χ0n) is 13.3. The van der Waals surface area contributed by atoms with Crippen molar-refractivity contribution < 1.29 is 9.53 Å². The van der Waals surface area contributed by atoms with E-state index >= 15 is 0 Å². The van der Waals surface area contributed by atoms with E-state index in [1.54, 1.807) is 29.2 Å². The van der Waals surface area contributed by atoms with Crippen LogP contribution < -0.4 is 4.74 Å². The Kier molecular flexibility index (Phi) is 4.93. The molecule has 4 heteroatoms. The number of hydrogen-bond donors (Lipinski definition) is 0. The number of ether oxygens (including phenoxy) is 1. The van der Waals surface area contributed by atoms with Gasteiger partial charge in [0.05, 0.1) is 5.56 Å². The first-order chi connectivity index (χ1) is 11.8. The molecule has 1 amide bonds. The molecule has 0 saturated heterocycles. The van der Waals surface area contributed by atoms with E-state index in [-0.39, 0.29) is 12.5 Å². The zero-order chi connectivity index (χ0) is 16.8. The van der Waals surface area contributed by atoms with Crippen LogP contribution in [-0.4, -0.2) is 30.5 Å². The average molecular weight is 318 g/mol. The molecule has 0 aromatic heterocycles. The summed E-state index contributed by atoms with van der Waals surface area (Å²) < 4.78 is 5.52. The molecule has 0 aliphatic carbocycles.